The summed E-state index contributed by atoms with van der Waals surface area (Å²) >= 11 is 1.31. The molecule has 0 radical (unpaired) electrons. The summed E-state index contributed by atoms with van der Waals surface area (Å²) in [6, 6.07) is 7.28. The van der Waals surface area contributed by atoms with E-state index in [-0.39, 0.29) is 6.42 Å². The van der Waals surface area contributed by atoms with Crippen molar-refractivity contribution >= 4 is 27.3 Å². The zero-order valence-corrected chi connectivity index (χ0v) is 11.5. The number of benzene rings is 1. The van der Waals surface area contributed by atoms with Gasteiger partial charge in [-0.15, -0.1) is 11.3 Å². The van der Waals surface area contributed by atoms with Crippen LogP contribution < -0.4 is 0 Å². The SMILES string of the molecule is O=C(COCC(F)(F)C(F)F)Cc1nc2ccccc2s1. The van der Waals surface area contributed by atoms with Gasteiger partial charge < -0.3 is 4.74 Å². The van der Waals surface area contributed by atoms with Crippen molar-refractivity contribution in [1.82, 2.24) is 4.98 Å². The number of thiazole rings is 1. The number of para-hydroxylation sites is 1. The minimum absolute atomic E-state index is 0.0698. The van der Waals surface area contributed by atoms with Crippen molar-refractivity contribution in [1.29, 1.82) is 0 Å². The molecule has 114 valence electrons. The Morgan fingerprint density at radius 1 is 1.33 bits per heavy atom. The van der Waals surface area contributed by atoms with Crippen LogP contribution in [0.1, 0.15) is 5.01 Å². The molecule has 2 rings (SSSR count). The van der Waals surface area contributed by atoms with Crippen LogP contribution in [0, 0.1) is 0 Å². The molecule has 1 aromatic carbocycles. The fourth-order valence-corrected chi connectivity index (χ4v) is 2.58. The van der Waals surface area contributed by atoms with Crippen LogP contribution in [-0.2, 0) is 16.0 Å². The van der Waals surface area contributed by atoms with Crippen molar-refractivity contribution in [3.8, 4) is 0 Å². The highest BCUT2D eigenvalue weighted by molar-refractivity contribution is 7.18. The van der Waals surface area contributed by atoms with Crippen LogP contribution in [0.3, 0.4) is 0 Å². The van der Waals surface area contributed by atoms with Gasteiger partial charge in [0.2, 0.25) is 0 Å². The highest BCUT2D eigenvalue weighted by Gasteiger charge is 2.41. The van der Waals surface area contributed by atoms with Crippen LogP contribution in [0.5, 0.6) is 0 Å². The second-order valence-electron chi connectivity index (χ2n) is 4.35. The fraction of sp³-hybridized carbons (Fsp3) is 0.385. The molecule has 0 bridgehead atoms. The average Bonchev–Trinajstić information content (AvgIpc) is 2.80. The molecule has 0 fully saturated rings. The number of hydrogen-bond acceptors (Lipinski definition) is 4. The number of carbonyl (C=O) groups excluding carboxylic acids is 1. The van der Waals surface area contributed by atoms with E-state index >= 15 is 0 Å². The van der Waals surface area contributed by atoms with Crippen molar-refractivity contribution in [2.75, 3.05) is 13.2 Å². The molecule has 0 atom stereocenters. The third-order valence-electron chi connectivity index (χ3n) is 2.56. The summed E-state index contributed by atoms with van der Waals surface area (Å²) in [5.74, 6) is -4.73. The quantitative estimate of drug-likeness (QED) is 0.734. The van der Waals surface area contributed by atoms with E-state index in [9.17, 15) is 22.4 Å². The standard InChI is InChI=1S/C13H11F4NO2S/c14-12(15)13(16,17)7-20-6-8(19)5-11-18-9-3-1-2-4-10(9)21-11/h1-4,12H,5-7H2. The van der Waals surface area contributed by atoms with Crippen molar-refractivity contribution in [2.45, 2.75) is 18.8 Å². The molecule has 8 heteroatoms. The Balaban J connectivity index is 1.85. The molecule has 21 heavy (non-hydrogen) atoms. The van der Waals surface area contributed by atoms with Gasteiger partial charge in [0.1, 0.15) is 18.2 Å². The number of halogens is 4. The predicted octanol–water partition coefficient (Wildman–Crippen LogP) is 3.32. The number of aromatic nitrogens is 1. The highest BCUT2D eigenvalue weighted by atomic mass is 32.1. The van der Waals surface area contributed by atoms with Gasteiger partial charge in [-0.3, -0.25) is 4.79 Å². The van der Waals surface area contributed by atoms with Gasteiger partial charge >= 0.3 is 12.3 Å². The summed E-state index contributed by atoms with van der Waals surface area (Å²) in [4.78, 5) is 15.8. The number of ketones is 1. The Kier molecular flexibility index (Phi) is 4.89. The van der Waals surface area contributed by atoms with Crippen molar-refractivity contribution in [2.24, 2.45) is 0 Å². The van der Waals surface area contributed by atoms with E-state index in [1.165, 1.54) is 11.3 Å². The first kappa shape index (κ1) is 15.8. The lowest BCUT2D eigenvalue weighted by atomic mass is 10.3. The zero-order chi connectivity index (χ0) is 15.5. The Morgan fingerprint density at radius 3 is 2.71 bits per heavy atom. The van der Waals surface area contributed by atoms with E-state index in [2.05, 4.69) is 9.72 Å². The second-order valence-corrected chi connectivity index (χ2v) is 5.46. The molecule has 1 aromatic heterocycles. The Morgan fingerprint density at radius 2 is 2.05 bits per heavy atom. The molecule has 0 spiro atoms. The van der Waals surface area contributed by atoms with Crippen LogP contribution in [0.4, 0.5) is 17.6 Å². The fourth-order valence-electron chi connectivity index (χ4n) is 1.58. The van der Waals surface area contributed by atoms with Gasteiger partial charge in [0.05, 0.1) is 16.6 Å². The normalized spacial score (nSPS) is 12.2. The first-order valence-corrected chi connectivity index (χ1v) is 6.80. The molecule has 0 saturated carbocycles. The lowest BCUT2D eigenvalue weighted by Crippen LogP contribution is -2.33. The summed E-state index contributed by atoms with van der Waals surface area (Å²) in [6.07, 6.45) is -3.88. The third-order valence-corrected chi connectivity index (χ3v) is 3.60. The number of alkyl halides is 4. The van der Waals surface area contributed by atoms with Crippen LogP contribution in [0.15, 0.2) is 24.3 Å². The molecule has 0 N–H and O–H groups in total. The first-order chi connectivity index (χ1) is 9.88. The number of fused-ring (bicyclic) bond motifs is 1. The number of carbonyl (C=O) groups is 1. The Labute approximate surface area is 121 Å². The van der Waals surface area contributed by atoms with Crippen LogP contribution >= 0.6 is 11.3 Å². The van der Waals surface area contributed by atoms with Crippen molar-refractivity contribution < 1.29 is 27.1 Å². The van der Waals surface area contributed by atoms with E-state index in [1.54, 1.807) is 6.07 Å². The summed E-state index contributed by atoms with van der Waals surface area (Å²) in [6.45, 7) is -2.12. The van der Waals surface area contributed by atoms with Gasteiger partial charge in [-0.05, 0) is 12.1 Å². The van der Waals surface area contributed by atoms with Crippen LogP contribution in [0.2, 0.25) is 0 Å². The largest absolute Gasteiger partial charge is 0.367 e. The summed E-state index contributed by atoms with van der Waals surface area (Å²) in [5, 5.41) is 0.533. The van der Waals surface area contributed by atoms with Crippen LogP contribution in [-0.4, -0.2) is 36.3 Å². The van der Waals surface area contributed by atoms with E-state index in [1.807, 2.05) is 18.2 Å². The van der Waals surface area contributed by atoms with Gasteiger partial charge in [-0.2, -0.15) is 8.78 Å². The van der Waals surface area contributed by atoms with Gasteiger partial charge in [-0.25, -0.2) is 13.8 Å². The highest BCUT2D eigenvalue weighted by Crippen LogP contribution is 2.23. The molecule has 1 heterocycles. The minimum atomic E-state index is -4.24. The topological polar surface area (TPSA) is 39.2 Å². The summed E-state index contributed by atoms with van der Waals surface area (Å²) < 4.78 is 54.2. The number of Topliss-reactive ketones (excluding diaryl/α,β-unsaturated/α-hetero) is 1. The molecule has 3 nitrogen and oxygen atoms in total. The smallest absolute Gasteiger partial charge is 0.330 e. The second kappa shape index (κ2) is 6.48. The number of nitrogens with zero attached hydrogens (tertiary/aromatic N) is 1. The molecular weight excluding hydrogens is 310 g/mol. The lowest BCUT2D eigenvalue weighted by molar-refractivity contribution is -0.168. The Hall–Kier alpha value is -1.54. The monoisotopic (exact) mass is 321 g/mol. The van der Waals surface area contributed by atoms with E-state index in [0.717, 1.165) is 10.2 Å². The Bertz CT molecular complexity index is 596. The molecule has 0 aliphatic rings. The molecular formula is C13H11F4NO2S. The van der Waals surface area contributed by atoms with E-state index in [0.29, 0.717) is 5.01 Å². The molecule has 0 saturated heterocycles. The number of hydrogen-bond donors (Lipinski definition) is 0. The summed E-state index contributed by atoms with van der Waals surface area (Å²) in [7, 11) is 0. The minimum Gasteiger partial charge on any atom is -0.367 e. The third kappa shape index (κ3) is 4.21. The number of rotatable bonds is 7. The van der Waals surface area contributed by atoms with Gasteiger partial charge in [0, 0.05) is 0 Å². The molecule has 0 amide bonds. The molecule has 0 unspecified atom stereocenters. The lowest BCUT2D eigenvalue weighted by Gasteiger charge is -2.14. The molecule has 0 aliphatic heterocycles. The van der Waals surface area contributed by atoms with Crippen molar-refractivity contribution in [3.05, 3.63) is 29.3 Å². The summed E-state index contributed by atoms with van der Waals surface area (Å²) in [5.41, 5.74) is 0.746. The van der Waals surface area contributed by atoms with E-state index in [4.69, 9.17) is 0 Å². The maximum atomic E-state index is 12.6. The predicted molar refractivity (Wildman–Crippen MR) is 70.1 cm³/mol. The maximum Gasteiger partial charge on any atom is 0.330 e. The van der Waals surface area contributed by atoms with Crippen LogP contribution in [0.25, 0.3) is 10.2 Å². The van der Waals surface area contributed by atoms with Gasteiger partial charge in [0.25, 0.3) is 0 Å². The number of ether oxygens (including phenoxy) is 1. The van der Waals surface area contributed by atoms with Crippen molar-refractivity contribution in [3.63, 3.8) is 0 Å². The van der Waals surface area contributed by atoms with E-state index < -0.39 is 31.3 Å². The average molecular weight is 321 g/mol. The maximum absolute atomic E-state index is 12.6. The van der Waals surface area contributed by atoms with Gasteiger partial charge in [0.15, 0.2) is 5.78 Å². The molecule has 2 aromatic rings. The molecule has 0 aliphatic carbocycles. The first-order valence-electron chi connectivity index (χ1n) is 5.98. The van der Waals surface area contributed by atoms with Gasteiger partial charge in [-0.1, -0.05) is 12.1 Å². The zero-order valence-electron chi connectivity index (χ0n) is 10.7.